The van der Waals surface area contributed by atoms with Gasteiger partial charge in [0.05, 0.1) is 0 Å². The van der Waals surface area contributed by atoms with Crippen LogP contribution < -0.4 is 5.73 Å². The van der Waals surface area contributed by atoms with Crippen LogP contribution in [0.3, 0.4) is 0 Å². The Hall–Kier alpha value is -1.48. The number of aromatic amines is 1. The number of nitrogens with one attached hydrogen (secondary N) is 2. The summed E-state index contributed by atoms with van der Waals surface area (Å²) in [6.45, 7) is 0. The summed E-state index contributed by atoms with van der Waals surface area (Å²) in [6, 6.07) is 7.61. The maximum Gasteiger partial charge on any atom is 0.123 e. The van der Waals surface area contributed by atoms with Crippen molar-refractivity contribution >= 4 is 29.1 Å². The van der Waals surface area contributed by atoms with Crippen LogP contribution in [0.2, 0.25) is 0 Å². The summed E-state index contributed by atoms with van der Waals surface area (Å²) in [7, 11) is 0. The van der Waals surface area contributed by atoms with Crippen LogP contribution >= 0.6 is 12.4 Å². The Morgan fingerprint density at radius 3 is 2.77 bits per heavy atom. The van der Waals surface area contributed by atoms with Crippen molar-refractivity contribution in [3.05, 3.63) is 36.0 Å². The molecule has 1 heterocycles. The average Bonchev–Trinajstić information content (AvgIpc) is 2.49. The lowest BCUT2D eigenvalue weighted by molar-refractivity contribution is 1.44. The second-order valence-electron chi connectivity index (χ2n) is 2.66. The molecule has 1 aromatic heterocycles. The molecule has 13 heavy (non-hydrogen) atoms. The quantitative estimate of drug-likeness (QED) is 0.472. The minimum Gasteiger partial charge on any atom is -0.384 e. The Labute approximate surface area is 81.9 Å². The third kappa shape index (κ3) is 1.51. The summed E-state index contributed by atoms with van der Waals surface area (Å²) in [4.78, 5) is 3.06. The lowest BCUT2D eigenvalue weighted by atomic mass is 10.1. The van der Waals surface area contributed by atoms with E-state index in [-0.39, 0.29) is 18.2 Å². The predicted octanol–water partition coefficient (Wildman–Crippen LogP) is 1.87. The summed E-state index contributed by atoms with van der Waals surface area (Å²) in [5, 5.41) is 8.32. The molecule has 4 N–H and O–H groups in total. The van der Waals surface area contributed by atoms with Gasteiger partial charge in [-0.2, -0.15) is 0 Å². The molecule has 0 spiro atoms. The summed E-state index contributed by atoms with van der Waals surface area (Å²) in [6.07, 6.45) is 1.84. The number of fused-ring (bicyclic) bond motifs is 1. The van der Waals surface area contributed by atoms with Crippen molar-refractivity contribution in [3.63, 3.8) is 0 Å². The maximum absolute atomic E-state index is 7.32. The molecule has 68 valence electrons. The van der Waals surface area contributed by atoms with Gasteiger partial charge in [-0.15, -0.1) is 12.4 Å². The number of halogens is 1. The Morgan fingerprint density at radius 2 is 2.08 bits per heavy atom. The number of amidine groups is 1. The van der Waals surface area contributed by atoms with Crippen molar-refractivity contribution in [1.82, 2.24) is 4.98 Å². The van der Waals surface area contributed by atoms with Gasteiger partial charge >= 0.3 is 0 Å². The highest BCUT2D eigenvalue weighted by Crippen LogP contribution is 2.16. The number of hydrogen-bond donors (Lipinski definition) is 3. The molecule has 0 aliphatic heterocycles. The molecule has 0 radical (unpaired) electrons. The highest BCUT2D eigenvalue weighted by Gasteiger charge is 2.02. The minimum atomic E-state index is 0. The first-order valence-corrected chi connectivity index (χ1v) is 3.69. The zero-order valence-corrected chi connectivity index (χ0v) is 7.69. The van der Waals surface area contributed by atoms with Gasteiger partial charge in [0.15, 0.2) is 0 Å². The minimum absolute atomic E-state index is 0. The average molecular weight is 196 g/mol. The van der Waals surface area contributed by atoms with Crippen LogP contribution in [0, 0.1) is 5.41 Å². The fraction of sp³-hybridized carbons (Fsp3) is 0. The van der Waals surface area contributed by atoms with Crippen LogP contribution in [0.25, 0.3) is 10.9 Å². The van der Waals surface area contributed by atoms with Crippen molar-refractivity contribution in [2.75, 3.05) is 0 Å². The fourth-order valence-electron chi connectivity index (χ4n) is 1.32. The second kappa shape index (κ2) is 3.49. The largest absolute Gasteiger partial charge is 0.384 e. The van der Waals surface area contributed by atoms with E-state index in [0.717, 1.165) is 16.5 Å². The van der Waals surface area contributed by atoms with Gasteiger partial charge in [-0.1, -0.05) is 12.1 Å². The van der Waals surface area contributed by atoms with Crippen LogP contribution in [0.15, 0.2) is 30.5 Å². The Morgan fingerprint density at radius 1 is 1.31 bits per heavy atom. The molecule has 1 aromatic carbocycles. The van der Waals surface area contributed by atoms with Crippen LogP contribution in [0.5, 0.6) is 0 Å². The smallest absolute Gasteiger partial charge is 0.123 e. The van der Waals surface area contributed by atoms with Crippen molar-refractivity contribution in [2.24, 2.45) is 5.73 Å². The van der Waals surface area contributed by atoms with E-state index >= 15 is 0 Å². The van der Waals surface area contributed by atoms with Gasteiger partial charge < -0.3 is 10.7 Å². The normalized spacial score (nSPS) is 9.54. The number of nitrogens with two attached hydrogens (primary N) is 1. The molecule has 0 amide bonds. The number of aromatic nitrogens is 1. The first-order chi connectivity index (χ1) is 5.79. The monoisotopic (exact) mass is 195 g/mol. The molecule has 4 heteroatoms. The lowest BCUT2D eigenvalue weighted by Gasteiger charge is -1.98. The van der Waals surface area contributed by atoms with E-state index < -0.39 is 0 Å². The van der Waals surface area contributed by atoms with Crippen LogP contribution in [-0.2, 0) is 0 Å². The van der Waals surface area contributed by atoms with Gasteiger partial charge in [-0.3, -0.25) is 5.41 Å². The third-order valence-corrected chi connectivity index (χ3v) is 1.89. The molecule has 0 aliphatic rings. The van der Waals surface area contributed by atoms with E-state index in [2.05, 4.69) is 4.98 Å². The standard InChI is InChI=1S/C9H9N3.ClH/c10-9(11)7-2-1-3-8-6(7)4-5-12-8;/h1-5,12H,(H3,10,11);1H. The molecule has 0 fully saturated rings. The third-order valence-electron chi connectivity index (χ3n) is 1.89. The number of nitrogen functional groups attached to an aromatic ring is 1. The summed E-state index contributed by atoms with van der Waals surface area (Å²) in [5.74, 6) is 0.111. The molecular formula is C9H10ClN3. The van der Waals surface area contributed by atoms with E-state index in [1.54, 1.807) is 0 Å². The van der Waals surface area contributed by atoms with Gasteiger partial charge in [0.1, 0.15) is 5.84 Å². The van der Waals surface area contributed by atoms with E-state index in [4.69, 9.17) is 11.1 Å². The van der Waals surface area contributed by atoms with Crippen LogP contribution in [0.4, 0.5) is 0 Å². The molecule has 3 nitrogen and oxygen atoms in total. The molecule has 2 rings (SSSR count). The van der Waals surface area contributed by atoms with E-state index in [1.165, 1.54) is 0 Å². The van der Waals surface area contributed by atoms with Crippen LogP contribution in [0.1, 0.15) is 5.56 Å². The molecule has 0 unspecified atom stereocenters. The highest BCUT2D eigenvalue weighted by molar-refractivity contribution is 6.06. The summed E-state index contributed by atoms with van der Waals surface area (Å²) in [5.41, 5.74) is 7.21. The van der Waals surface area contributed by atoms with Crippen LogP contribution in [-0.4, -0.2) is 10.8 Å². The molecular weight excluding hydrogens is 186 g/mol. The summed E-state index contributed by atoms with van der Waals surface area (Å²) < 4.78 is 0. The van der Waals surface area contributed by atoms with Gasteiger partial charge in [-0.05, 0) is 12.1 Å². The zero-order chi connectivity index (χ0) is 8.55. The topological polar surface area (TPSA) is 65.7 Å². The van der Waals surface area contributed by atoms with Gasteiger partial charge in [0.2, 0.25) is 0 Å². The van der Waals surface area contributed by atoms with Gasteiger partial charge in [0.25, 0.3) is 0 Å². The number of hydrogen-bond acceptors (Lipinski definition) is 1. The number of H-pyrrole nitrogens is 1. The first kappa shape index (κ1) is 9.61. The lowest BCUT2D eigenvalue weighted by Crippen LogP contribution is -2.10. The van der Waals surface area contributed by atoms with E-state index in [0.29, 0.717) is 0 Å². The SMILES string of the molecule is Cl.N=C(N)c1cccc2[nH]ccc12. The zero-order valence-electron chi connectivity index (χ0n) is 6.87. The number of rotatable bonds is 1. The molecule has 0 saturated carbocycles. The van der Waals surface area contributed by atoms with Crippen molar-refractivity contribution in [1.29, 1.82) is 5.41 Å². The Bertz CT molecular complexity index is 433. The van der Waals surface area contributed by atoms with Crippen molar-refractivity contribution in [2.45, 2.75) is 0 Å². The fourth-order valence-corrected chi connectivity index (χ4v) is 1.32. The molecule has 0 saturated heterocycles. The van der Waals surface area contributed by atoms with E-state index in [1.807, 2.05) is 30.5 Å². The molecule has 0 bridgehead atoms. The molecule has 2 aromatic rings. The van der Waals surface area contributed by atoms with Gasteiger partial charge in [0, 0.05) is 22.7 Å². The predicted molar refractivity (Wildman–Crippen MR) is 56.6 cm³/mol. The highest BCUT2D eigenvalue weighted by atomic mass is 35.5. The van der Waals surface area contributed by atoms with Gasteiger partial charge in [-0.25, -0.2) is 0 Å². The van der Waals surface area contributed by atoms with Crippen molar-refractivity contribution in [3.8, 4) is 0 Å². The number of benzene rings is 1. The van der Waals surface area contributed by atoms with E-state index in [9.17, 15) is 0 Å². The maximum atomic E-state index is 7.32. The molecule has 0 atom stereocenters. The van der Waals surface area contributed by atoms with Crippen molar-refractivity contribution < 1.29 is 0 Å². The Kier molecular flexibility index (Phi) is 2.58. The molecule has 0 aliphatic carbocycles. The Balaban J connectivity index is 0.000000845. The second-order valence-corrected chi connectivity index (χ2v) is 2.66. The first-order valence-electron chi connectivity index (χ1n) is 3.69. The summed E-state index contributed by atoms with van der Waals surface area (Å²) >= 11 is 0.